The van der Waals surface area contributed by atoms with Gasteiger partial charge in [-0.3, -0.25) is 9.20 Å². The molecule has 0 bridgehead atoms. The minimum atomic E-state index is -0.504. The lowest BCUT2D eigenvalue weighted by Crippen LogP contribution is -2.16. The summed E-state index contributed by atoms with van der Waals surface area (Å²) in [4.78, 5) is 31.0. The number of benzene rings is 1. The number of hydrogen-bond acceptors (Lipinski definition) is 7. The van der Waals surface area contributed by atoms with Crippen molar-refractivity contribution >= 4 is 43.8 Å². The molecule has 5 aromatic rings. The molecule has 0 saturated carbocycles. The van der Waals surface area contributed by atoms with Gasteiger partial charge in [0.05, 0.1) is 17.1 Å². The highest BCUT2D eigenvalue weighted by Gasteiger charge is 2.19. The van der Waals surface area contributed by atoms with Crippen molar-refractivity contribution < 1.29 is 13.9 Å². The third kappa shape index (κ3) is 3.43. The molecular formula is C21H15FN4O3S2. The number of carbonyl (C=O) groups is 1. The van der Waals surface area contributed by atoms with E-state index in [1.54, 1.807) is 22.9 Å². The summed E-state index contributed by atoms with van der Waals surface area (Å²) in [5.41, 5.74) is 2.46. The first-order chi connectivity index (χ1) is 14.9. The highest BCUT2D eigenvalue weighted by atomic mass is 32.1. The van der Waals surface area contributed by atoms with Crippen molar-refractivity contribution in [2.75, 3.05) is 0 Å². The number of halogens is 1. The second-order valence-corrected chi connectivity index (χ2v) is 8.83. The molecule has 7 nitrogen and oxygen atoms in total. The third-order valence-corrected chi connectivity index (χ3v) is 6.83. The SMILES string of the molecule is Cc1nn(-c2ccc(F)cc2)c2sc(C(=O)OCc3cc(=O)n4c(C)csc4n3)cc12. The maximum atomic E-state index is 13.3. The Kier molecular flexibility index (Phi) is 4.67. The number of fused-ring (bicyclic) bond motifs is 2. The van der Waals surface area contributed by atoms with Gasteiger partial charge in [-0.2, -0.15) is 5.10 Å². The molecule has 0 aliphatic heterocycles. The smallest absolute Gasteiger partial charge is 0.348 e. The van der Waals surface area contributed by atoms with Crippen LogP contribution in [0.25, 0.3) is 20.9 Å². The third-order valence-electron chi connectivity index (χ3n) is 4.80. The Morgan fingerprint density at radius 1 is 1.19 bits per heavy atom. The van der Waals surface area contributed by atoms with Crippen LogP contribution in [0.2, 0.25) is 0 Å². The molecule has 5 rings (SSSR count). The van der Waals surface area contributed by atoms with E-state index in [2.05, 4.69) is 10.1 Å². The number of rotatable bonds is 4. The van der Waals surface area contributed by atoms with Crippen molar-refractivity contribution in [3.63, 3.8) is 0 Å². The zero-order valence-electron chi connectivity index (χ0n) is 16.5. The predicted molar refractivity (Wildman–Crippen MR) is 117 cm³/mol. The molecule has 0 radical (unpaired) electrons. The Morgan fingerprint density at radius 3 is 2.74 bits per heavy atom. The fraction of sp³-hybridized carbons (Fsp3) is 0.143. The molecule has 0 aliphatic carbocycles. The molecular weight excluding hydrogens is 439 g/mol. The van der Waals surface area contributed by atoms with Crippen molar-refractivity contribution in [3.8, 4) is 5.69 Å². The molecule has 0 fully saturated rings. The molecule has 1 aromatic carbocycles. The van der Waals surface area contributed by atoms with Crippen LogP contribution in [-0.4, -0.2) is 25.1 Å². The Labute approximate surface area is 183 Å². The van der Waals surface area contributed by atoms with Crippen LogP contribution < -0.4 is 5.56 Å². The first kappa shape index (κ1) is 19.6. The highest BCUT2D eigenvalue weighted by molar-refractivity contribution is 7.20. The summed E-state index contributed by atoms with van der Waals surface area (Å²) in [7, 11) is 0. The van der Waals surface area contributed by atoms with Crippen LogP contribution in [0.5, 0.6) is 0 Å². The van der Waals surface area contributed by atoms with Gasteiger partial charge in [-0.05, 0) is 44.2 Å². The van der Waals surface area contributed by atoms with Crippen LogP contribution >= 0.6 is 22.7 Å². The summed E-state index contributed by atoms with van der Waals surface area (Å²) in [6, 6.07) is 9.10. The number of hydrogen-bond donors (Lipinski definition) is 0. The van der Waals surface area contributed by atoms with Crippen LogP contribution in [0.3, 0.4) is 0 Å². The van der Waals surface area contributed by atoms with E-state index in [9.17, 15) is 14.0 Å². The predicted octanol–water partition coefficient (Wildman–Crippen LogP) is 4.27. The molecule has 10 heteroatoms. The topological polar surface area (TPSA) is 78.5 Å². The minimum Gasteiger partial charge on any atom is -0.455 e. The first-order valence-corrected chi connectivity index (χ1v) is 11.0. The summed E-state index contributed by atoms with van der Waals surface area (Å²) in [5, 5.41) is 7.17. The van der Waals surface area contributed by atoms with E-state index in [-0.39, 0.29) is 18.0 Å². The average Bonchev–Trinajstić information content (AvgIpc) is 3.42. The van der Waals surface area contributed by atoms with Gasteiger partial charge in [0.1, 0.15) is 22.1 Å². The van der Waals surface area contributed by atoms with Gasteiger partial charge in [-0.15, -0.1) is 22.7 Å². The molecule has 156 valence electrons. The van der Waals surface area contributed by atoms with Crippen LogP contribution in [0.15, 0.2) is 46.6 Å². The van der Waals surface area contributed by atoms with Crippen molar-refractivity contribution in [3.05, 3.63) is 79.9 Å². The molecule has 0 unspecified atom stereocenters. The van der Waals surface area contributed by atoms with Crippen molar-refractivity contribution in [1.82, 2.24) is 19.2 Å². The zero-order chi connectivity index (χ0) is 21.7. The monoisotopic (exact) mass is 454 g/mol. The van der Waals surface area contributed by atoms with Crippen LogP contribution in [0.4, 0.5) is 4.39 Å². The van der Waals surface area contributed by atoms with Crippen molar-refractivity contribution in [1.29, 1.82) is 0 Å². The van der Waals surface area contributed by atoms with Crippen molar-refractivity contribution in [2.24, 2.45) is 0 Å². The molecule has 0 amide bonds. The number of thiophene rings is 1. The van der Waals surface area contributed by atoms with Gasteiger partial charge in [-0.1, -0.05) is 0 Å². The maximum Gasteiger partial charge on any atom is 0.348 e. The van der Waals surface area contributed by atoms with Gasteiger partial charge >= 0.3 is 5.97 Å². The summed E-state index contributed by atoms with van der Waals surface area (Å²) in [6.45, 7) is 3.58. The summed E-state index contributed by atoms with van der Waals surface area (Å²) in [5.74, 6) is -0.834. The number of ether oxygens (including phenoxy) is 1. The maximum absolute atomic E-state index is 13.3. The van der Waals surface area contributed by atoms with Gasteiger partial charge in [0.15, 0.2) is 4.96 Å². The second-order valence-electron chi connectivity index (χ2n) is 6.96. The number of esters is 1. The Bertz CT molecular complexity index is 1510. The quantitative estimate of drug-likeness (QED) is 0.379. The van der Waals surface area contributed by atoms with E-state index in [1.807, 2.05) is 19.2 Å². The summed E-state index contributed by atoms with van der Waals surface area (Å²) >= 11 is 2.60. The van der Waals surface area contributed by atoms with Crippen LogP contribution in [0.1, 0.15) is 26.8 Å². The number of carbonyl (C=O) groups excluding carboxylic acids is 1. The van der Waals surface area contributed by atoms with E-state index in [0.717, 1.165) is 21.6 Å². The standard InChI is InChI=1S/C21H15FN4O3S2/c1-11-10-30-21-23-14(7-18(27)25(11)21)9-29-20(28)17-8-16-12(2)24-26(19(16)31-17)15-5-3-13(22)4-6-15/h3-8,10H,9H2,1-2H3. The van der Waals surface area contributed by atoms with Gasteiger partial charge in [0, 0.05) is 22.5 Å². The van der Waals surface area contributed by atoms with Crippen LogP contribution in [0, 0.1) is 19.7 Å². The van der Waals surface area contributed by atoms with E-state index in [0.29, 0.717) is 21.2 Å². The molecule has 0 atom stereocenters. The van der Waals surface area contributed by atoms with Gasteiger partial charge < -0.3 is 4.74 Å². The molecule has 0 spiro atoms. The molecule has 4 heterocycles. The Hall–Kier alpha value is -3.37. The first-order valence-electron chi connectivity index (χ1n) is 9.30. The Balaban J connectivity index is 1.41. The number of aryl methyl sites for hydroxylation is 2. The normalized spacial score (nSPS) is 11.5. The Morgan fingerprint density at radius 2 is 1.97 bits per heavy atom. The summed E-state index contributed by atoms with van der Waals surface area (Å²) < 4.78 is 21.9. The summed E-state index contributed by atoms with van der Waals surface area (Å²) in [6.07, 6.45) is 0. The minimum absolute atomic E-state index is 0.0984. The molecule has 4 aromatic heterocycles. The highest BCUT2D eigenvalue weighted by Crippen LogP contribution is 2.31. The van der Waals surface area contributed by atoms with E-state index in [1.165, 1.54) is 45.3 Å². The number of nitrogens with zero attached hydrogens (tertiary/aromatic N) is 4. The van der Waals surface area contributed by atoms with E-state index in [4.69, 9.17) is 4.74 Å². The van der Waals surface area contributed by atoms with Gasteiger partial charge in [0.2, 0.25) is 0 Å². The fourth-order valence-corrected chi connectivity index (χ4v) is 5.26. The number of thiazole rings is 1. The molecule has 0 N–H and O–H groups in total. The molecule has 31 heavy (non-hydrogen) atoms. The molecule has 0 saturated heterocycles. The molecule has 0 aliphatic rings. The van der Waals surface area contributed by atoms with Gasteiger partial charge in [0.25, 0.3) is 5.56 Å². The van der Waals surface area contributed by atoms with Crippen molar-refractivity contribution in [2.45, 2.75) is 20.5 Å². The number of aromatic nitrogens is 4. The second kappa shape index (κ2) is 7.40. The van der Waals surface area contributed by atoms with E-state index < -0.39 is 5.97 Å². The van der Waals surface area contributed by atoms with Crippen LogP contribution in [-0.2, 0) is 11.3 Å². The average molecular weight is 455 g/mol. The van der Waals surface area contributed by atoms with E-state index >= 15 is 0 Å². The lowest BCUT2D eigenvalue weighted by Gasteiger charge is -2.04. The van der Waals surface area contributed by atoms with Gasteiger partial charge in [-0.25, -0.2) is 18.9 Å². The lowest BCUT2D eigenvalue weighted by atomic mass is 10.3. The lowest BCUT2D eigenvalue weighted by molar-refractivity contribution is 0.0473. The fourth-order valence-electron chi connectivity index (χ4n) is 3.29. The zero-order valence-corrected chi connectivity index (χ0v) is 18.1. The largest absolute Gasteiger partial charge is 0.455 e.